The molecular formula is C15H15NO4S. The van der Waals surface area contributed by atoms with Gasteiger partial charge < -0.3 is 4.74 Å². The van der Waals surface area contributed by atoms with Crippen molar-refractivity contribution in [2.75, 3.05) is 6.61 Å². The Balaban J connectivity index is 2.45. The smallest absolute Gasteiger partial charge is 0.338 e. The van der Waals surface area contributed by atoms with Crippen LogP contribution in [-0.2, 0) is 14.8 Å². The van der Waals surface area contributed by atoms with E-state index in [9.17, 15) is 13.2 Å². The molecule has 0 aromatic heterocycles. The number of esters is 1. The number of primary sulfonamides is 1. The minimum atomic E-state index is -3.73. The number of hydrogen-bond donors (Lipinski definition) is 1. The Morgan fingerprint density at radius 2 is 1.71 bits per heavy atom. The molecule has 21 heavy (non-hydrogen) atoms. The molecule has 2 rings (SSSR count). The van der Waals surface area contributed by atoms with Gasteiger partial charge in [-0.2, -0.15) is 0 Å². The number of nitrogens with two attached hydrogens (primary N) is 1. The second-order valence-electron chi connectivity index (χ2n) is 4.34. The van der Waals surface area contributed by atoms with Crippen molar-refractivity contribution in [1.82, 2.24) is 0 Å². The van der Waals surface area contributed by atoms with Gasteiger partial charge in [0.05, 0.1) is 17.1 Å². The van der Waals surface area contributed by atoms with Gasteiger partial charge >= 0.3 is 5.97 Å². The maximum absolute atomic E-state index is 11.9. The average molecular weight is 305 g/mol. The van der Waals surface area contributed by atoms with Crippen molar-refractivity contribution in [1.29, 1.82) is 0 Å². The highest BCUT2D eigenvalue weighted by molar-refractivity contribution is 7.89. The van der Waals surface area contributed by atoms with Gasteiger partial charge in [-0.3, -0.25) is 0 Å². The molecular weight excluding hydrogens is 290 g/mol. The Labute approximate surface area is 123 Å². The molecule has 2 N–H and O–H groups in total. The molecule has 0 radical (unpaired) electrons. The van der Waals surface area contributed by atoms with Gasteiger partial charge in [0.2, 0.25) is 10.0 Å². The molecule has 0 aliphatic rings. The van der Waals surface area contributed by atoms with Gasteiger partial charge in [0.1, 0.15) is 0 Å². The van der Waals surface area contributed by atoms with Crippen molar-refractivity contribution in [2.24, 2.45) is 5.14 Å². The van der Waals surface area contributed by atoms with E-state index in [1.807, 2.05) is 0 Å². The van der Waals surface area contributed by atoms with Crippen LogP contribution in [0.25, 0.3) is 11.1 Å². The van der Waals surface area contributed by atoms with Crippen LogP contribution in [0.1, 0.15) is 17.3 Å². The van der Waals surface area contributed by atoms with E-state index in [1.54, 1.807) is 43.3 Å². The summed E-state index contributed by atoms with van der Waals surface area (Å²) >= 11 is 0. The first kappa shape index (κ1) is 15.2. The summed E-state index contributed by atoms with van der Waals surface area (Å²) in [6, 6.07) is 13.0. The number of ether oxygens (including phenoxy) is 1. The summed E-state index contributed by atoms with van der Waals surface area (Å²) in [5, 5.41) is 5.06. The van der Waals surface area contributed by atoms with Gasteiger partial charge in [0.15, 0.2) is 0 Å². The molecule has 6 heteroatoms. The average Bonchev–Trinajstić information content (AvgIpc) is 2.47. The van der Waals surface area contributed by atoms with Crippen LogP contribution in [0.15, 0.2) is 53.4 Å². The minimum Gasteiger partial charge on any atom is -0.462 e. The highest BCUT2D eigenvalue weighted by Crippen LogP contribution is 2.25. The van der Waals surface area contributed by atoms with Gasteiger partial charge in [0.25, 0.3) is 0 Å². The lowest BCUT2D eigenvalue weighted by Crippen LogP contribution is -2.11. The number of carbonyl (C=O) groups excluding carboxylic acids is 1. The Kier molecular flexibility index (Phi) is 4.40. The van der Waals surface area contributed by atoms with Crippen molar-refractivity contribution in [3.8, 4) is 11.1 Å². The highest BCUT2D eigenvalue weighted by atomic mass is 32.2. The topological polar surface area (TPSA) is 86.5 Å². The predicted octanol–water partition coefficient (Wildman–Crippen LogP) is 2.18. The lowest BCUT2D eigenvalue weighted by molar-refractivity contribution is 0.0527. The summed E-state index contributed by atoms with van der Waals surface area (Å²) in [7, 11) is -3.73. The van der Waals surface area contributed by atoms with Crippen LogP contribution in [0.3, 0.4) is 0 Å². The molecule has 0 saturated carbocycles. The van der Waals surface area contributed by atoms with Gasteiger partial charge in [-0.05, 0) is 36.2 Å². The van der Waals surface area contributed by atoms with Crippen molar-refractivity contribution in [3.05, 3.63) is 54.1 Å². The SMILES string of the molecule is CCOC(=O)c1ccccc1-c1ccc(S(N)(=O)=O)cc1. The van der Waals surface area contributed by atoms with E-state index in [0.29, 0.717) is 16.7 Å². The fourth-order valence-electron chi connectivity index (χ4n) is 1.95. The molecule has 0 bridgehead atoms. The van der Waals surface area contributed by atoms with E-state index in [0.717, 1.165) is 0 Å². The summed E-state index contributed by atoms with van der Waals surface area (Å²) in [6.45, 7) is 2.03. The zero-order valence-electron chi connectivity index (χ0n) is 11.4. The predicted molar refractivity (Wildman–Crippen MR) is 79.2 cm³/mol. The molecule has 0 amide bonds. The molecule has 0 spiro atoms. The monoisotopic (exact) mass is 305 g/mol. The Morgan fingerprint density at radius 1 is 1.10 bits per heavy atom. The van der Waals surface area contributed by atoms with E-state index in [-0.39, 0.29) is 11.5 Å². The van der Waals surface area contributed by atoms with Crippen molar-refractivity contribution >= 4 is 16.0 Å². The minimum absolute atomic E-state index is 0.0277. The van der Waals surface area contributed by atoms with E-state index < -0.39 is 16.0 Å². The van der Waals surface area contributed by atoms with Gasteiger partial charge in [-0.1, -0.05) is 30.3 Å². The first-order valence-electron chi connectivity index (χ1n) is 6.33. The maximum atomic E-state index is 11.9. The lowest BCUT2D eigenvalue weighted by Gasteiger charge is -2.09. The maximum Gasteiger partial charge on any atom is 0.338 e. The molecule has 0 fully saturated rings. The molecule has 0 unspecified atom stereocenters. The van der Waals surface area contributed by atoms with Crippen molar-refractivity contribution in [3.63, 3.8) is 0 Å². The van der Waals surface area contributed by atoms with Crippen LogP contribution in [0.4, 0.5) is 0 Å². The summed E-state index contributed by atoms with van der Waals surface area (Å²) in [5.74, 6) is -0.413. The summed E-state index contributed by atoms with van der Waals surface area (Å²) < 4.78 is 27.5. The number of carbonyl (C=O) groups is 1. The second-order valence-corrected chi connectivity index (χ2v) is 5.90. The molecule has 0 atom stereocenters. The van der Waals surface area contributed by atoms with Crippen LogP contribution in [0, 0.1) is 0 Å². The third kappa shape index (κ3) is 3.48. The Morgan fingerprint density at radius 3 is 2.29 bits per heavy atom. The number of sulfonamides is 1. The van der Waals surface area contributed by atoms with Crippen LogP contribution < -0.4 is 5.14 Å². The first-order valence-corrected chi connectivity index (χ1v) is 7.87. The first-order chi connectivity index (χ1) is 9.93. The fourth-order valence-corrected chi connectivity index (χ4v) is 2.46. The van der Waals surface area contributed by atoms with Crippen LogP contribution in [-0.4, -0.2) is 21.0 Å². The Bertz CT molecular complexity index is 751. The van der Waals surface area contributed by atoms with Crippen molar-refractivity contribution < 1.29 is 17.9 Å². The van der Waals surface area contributed by atoms with Crippen LogP contribution in [0.2, 0.25) is 0 Å². The molecule has 2 aromatic rings. The summed E-state index contributed by atoms with van der Waals surface area (Å²) in [5.41, 5.74) is 1.82. The number of rotatable bonds is 4. The highest BCUT2D eigenvalue weighted by Gasteiger charge is 2.14. The largest absolute Gasteiger partial charge is 0.462 e. The molecule has 0 aliphatic heterocycles. The third-order valence-electron chi connectivity index (χ3n) is 2.92. The number of hydrogen-bond acceptors (Lipinski definition) is 4. The van der Waals surface area contributed by atoms with E-state index in [4.69, 9.17) is 9.88 Å². The van der Waals surface area contributed by atoms with E-state index >= 15 is 0 Å². The number of benzene rings is 2. The molecule has 0 aliphatic carbocycles. The zero-order valence-corrected chi connectivity index (χ0v) is 12.3. The fraction of sp³-hybridized carbons (Fsp3) is 0.133. The van der Waals surface area contributed by atoms with Crippen molar-refractivity contribution in [2.45, 2.75) is 11.8 Å². The van der Waals surface area contributed by atoms with Gasteiger partial charge in [-0.25, -0.2) is 18.4 Å². The van der Waals surface area contributed by atoms with Crippen LogP contribution >= 0.6 is 0 Å². The molecule has 5 nitrogen and oxygen atoms in total. The van der Waals surface area contributed by atoms with E-state index in [2.05, 4.69) is 0 Å². The molecule has 2 aromatic carbocycles. The molecule has 0 heterocycles. The normalized spacial score (nSPS) is 11.1. The third-order valence-corrected chi connectivity index (χ3v) is 3.85. The second kappa shape index (κ2) is 6.07. The summed E-state index contributed by atoms with van der Waals surface area (Å²) in [6.07, 6.45) is 0. The molecule has 0 saturated heterocycles. The van der Waals surface area contributed by atoms with Crippen LogP contribution in [0.5, 0.6) is 0 Å². The van der Waals surface area contributed by atoms with Gasteiger partial charge in [-0.15, -0.1) is 0 Å². The van der Waals surface area contributed by atoms with Gasteiger partial charge in [0, 0.05) is 0 Å². The zero-order chi connectivity index (χ0) is 15.5. The van der Waals surface area contributed by atoms with E-state index in [1.165, 1.54) is 12.1 Å². The Hall–Kier alpha value is -2.18. The molecule has 110 valence electrons. The standard InChI is InChI=1S/C15H15NO4S/c1-2-20-15(17)14-6-4-3-5-13(14)11-7-9-12(10-8-11)21(16,18)19/h3-10H,2H2,1H3,(H2,16,18,19). The summed E-state index contributed by atoms with van der Waals surface area (Å²) in [4.78, 5) is 12.0. The quantitative estimate of drug-likeness (QED) is 0.877. The lowest BCUT2D eigenvalue weighted by atomic mass is 10.00.